The van der Waals surface area contributed by atoms with E-state index >= 15 is 0 Å². The van der Waals surface area contributed by atoms with Crippen LogP contribution >= 0.6 is 34.5 Å². The Kier molecular flexibility index (Phi) is 6.69. The van der Waals surface area contributed by atoms with Gasteiger partial charge >= 0.3 is 0 Å². The number of nitrogens with zero attached hydrogens (tertiary/aromatic N) is 1. The molecule has 3 aromatic heterocycles. The number of aliphatic carboxylic acids is 1. The van der Waals surface area contributed by atoms with Crippen LogP contribution in [-0.4, -0.2) is 20.9 Å². The molecule has 0 unspecified atom stereocenters. The Labute approximate surface area is 202 Å². The smallest absolute Gasteiger partial charge is 0.272 e. The van der Waals surface area contributed by atoms with Crippen LogP contribution < -0.4 is 16.0 Å². The van der Waals surface area contributed by atoms with Crippen LogP contribution in [0.5, 0.6) is 0 Å². The second-order valence-corrected chi connectivity index (χ2v) is 8.67. The van der Waals surface area contributed by atoms with Gasteiger partial charge in [-0.3, -0.25) is 4.79 Å². The number of thiazole rings is 1. The van der Waals surface area contributed by atoms with Gasteiger partial charge in [-0.25, -0.2) is 4.98 Å². The predicted molar refractivity (Wildman–Crippen MR) is 133 cm³/mol. The number of hydrogen-bond acceptors (Lipinski definition) is 6. The van der Waals surface area contributed by atoms with E-state index in [-0.39, 0.29) is 12.0 Å². The SMILES string of the molecule is CCC(=O)[O-].O=c1[nH]c2ccc(-c3csc(Nc4ccc(Cl)c(Cl)c4)n3)cc2c2cc[nH]c12. The van der Waals surface area contributed by atoms with Crippen molar-refractivity contribution in [3.05, 3.63) is 74.4 Å². The Bertz CT molecular complexity index is 1520. The number of rotatable bonds is 4. The molecule has 0 bridgehead atoms. The molecule has 5 rings (SSSR count). The monoisotopic (exact) mass is 499 g/mol. The van der Waals surface area contributed by atoms with Crippen molar-refractivity contribution < 1.29 is 9.90 Å². The molecule has 0 atom stereocenters. The van der Waals surface area contributed by atoms with Crippen LogP contribution in [0.15, 0.2) is 58.8 Å². The molecule has 168 valence electrons. The second-order valence-electron chi connectivity index (χ2n) is 7.00. The summed E-state index contributed by atoms with van der Waals surface area (Å²) in [6, 6.07) is 13.2. The lowest BCUT2D eigenvalue weighted by Crippen LogP contribution is -2.19. The van der Waals surface area contributed by atoms with Gasteiger partial charge in [0.05, 0.1) is 15.7 Å². The van der Waals surface area contributed by atoms with Crippen molar-refractivity contribution in [2.75, 3.05) is 5.32 Å². The molecule has 3 N–H and O–H groups in total. The number of fused-ring (bicyclic) bond motifs is 3. The number of benzene rings is 2. The molecular weight excluding hydrogens is 483 g/mol. The molecule has 7 nitrogen and oxygen atoms in total. The fraction of sp³-hybridized carbons (Fsp3) is 0.0870. The molecule has 0 spiro atoms. The lowest BCUT2D eigenvalue weighted by molar-refractivity contribution is -0.305. The number of carboxylic acid groups (broad SMARTS) is 1. The molecule has 3 heterocycles. The minimum atomic E-state index is -0.995. The van der Waals surface area contributed by atoms with Crippen molar-refractivity contribution >= 4 is 73.1 Å². The summed E-state index contributed by atoms with van der Waals surface area (Å²) in [5.74, 6) is -0.995. The number of carbonyl (C=O) groups is 1. The van der Waals surface area contributed by atoms with E-state index in [1.54, 1.807) is 18.3 Å². The molecule has 0 radical (unpaired) electrons. The molecule has 2 aromatic carbocycles. The number of hydrogen-bond donors (Lipinski definition) is 3. The lowest BCUT2D eigenvalue weighted by Gasteiger charge is -2.04. The topological polar surface area (TPSA) is 114 Å². The third-order valence-corrected chi connectivity index (χ3v) is 6.29. The number of aromatic amines is 2. The number of anilines is 2. The summed E-state index contributed by atoms with van der Waals surface area (Å²) < 4.78 is 0. The van der Waals surface area contributed by atoms with E-state index in [0.29, 0.717) is 15.6 Å². The van der Waals surface area contributed by atoms with E-state index in [9.17, 15) is 14.7 Å². The van der Waals surface area contributed by atoms with Gasteiger partial charge in [0, 0.05) is 45.1 Å². The third-order valence-electron chi connectivity index (χ3n) is 4.79. The fourth-order valence-corrected chi connectivity index (χ4v) is 4.20. The van der Waals surface area contributed by atoms with E-state index in [1.807, 2.05) is 35.7 Å². The van der Waals surface area contributed by atoms with Gasteiger partial charge in [-0.15, -0.1) is 11.3 Å². The van der Waals surface area contributed by atoms with Gasteiger partial charge in [-0.05, 0) is 42.8 Å². The Balaban J connectivity index is 0.000000471. The van der Waals surface area contributed by atoms with E-state index in [1.165, 1.54) is 18.3 Å². The molecule has 10 heteroatoms. The molecular formula is C23H17Cl2N4O3S-. The molecule has 0 fully saturated rings. The van der Waals surface area contributed by atoms with Gasteiger partial charge in [0.15, 0.2) is 5.13 Å². The summed E-state index contributed by atoms with van der Waals surface area (Å²) in [6.45, 7) is 1.54. The summed E-state index contributed by atoms with van der Waals surface area (Å²) in [6.07, 6.45) is 1.88. The van der Waals surface area contributed by atoms with Gasteiger partial charge in [0.1, 0.15) is 5.52 Å². The number of pyridine rings is 1. The Morgan fingerprint density at radius 3 is 2.64 bits per heavy atom. The highest BCUT2D eigenvalue weighted by Crippen LogP contribution is 2.32. The molecule has 0 aliphatic heterocycles. The van der Waals surface area contributed by atoms with Crippen molar-refractivity contribution in [3.8, 4) is 11.3 Å². The van der Waals surface area contributed by atoms with Crippen LogP contribution in [0.2, 0.25) is 10.0 Å². The highest BCUT2D eigenvalue weighted by Gasteiger charge is 2.10. The predicted octanol–water partition coefficient (Wildman–Crippen LogP) is 5.33. The van der Waals surface area contributed by atoms with Crippen LogP contribution in [-0.2, 0) is 4.79 Å². The van der Waals surface area contributed by atoms with Gasteiger partial charge < -0.3 is 25.2 Å². The summed E-state index contributed by atoms with van der Waals surface area (Å²) in [5.41, 5.74) is 3.89. The van der Waals surface area contributed by atoms with E-state index in [2.05, 4.69) is 20.3 Å². The minimum Gasteiger partial charge on any atom is -0.550 e. The van der Waals surface area contributed by atoms with E-state index in [0.717, 1.165) is 38.4 Å². The number of carbonyl (C=O) groups excluding carboxylic acids is 1. The Hall–Kier alpha value is -3.33. The van der Waals surface area contributed by atoms with Gasteiger partial charge in [0.25, 0.3) is 5.56 Å². The number of aromatic nitrogens is 3. The molecule has 0 amide bonds. The largest absolute Gasteiger partial charge is 0.550 e. The van der Waals surface area contributed by atoms with Crippen LogP contribution in [0, 0.1) is 0 Å². The highest BCUT2D eigenvalue weighted by atomic mass is 35.5. The molecule has 0 aliphatic rings. The summed E-state index contributed by atoms with van der Waals surface area (Å²) in [5, 5.41) is 18.1. The van der Waals surface area contributed by atoms with Crippen LogP contribution in [0.4, 0.5) is 10.8 Å². The van der Waals surface area contributed by atoms with Gasteiger partial charge in [0.2, 0.25) is 0 Å². The first kappa shape index (κ1) is 22.8. The fourth-order valence-electron chi connectivity index (χ4n) is 3.16. The molecule has 33 heavy (non-hydrogen) atoms. The standard InChI is InChI=1S/C20H12Cl2N4OS.C3H6O2/c21-14-3-2-11(8-15(14)22)24-20-26-17(9-28-20)10-1-4-16-13(7-10)12-5-6-23-18(12)19(27)25-16;1-2-3(4)5/h1-9,23H,(H,24,26)(H,25,27);2H2,1H3,(H,4,5)/p-1. The van der Waals surface area contributed by atoms with Crippen molar-refractivity contribution in [1.82, 2.24) is 15.0 Å². The van der Waals surface area contributed by atoms with Gasteiger partial charge in [-0.1, -0.05) is 36.2 Å². The first-order valence-electron chi connectivity index (χ1n) is 9.86. The maximum absolute atomic E-state index is 12.1. The van der Waals surface area contributed by atoms with Crippen molar-refractivity contribution in [1.29, 1.82) is 0 Å². The van der Waals surface area contributed by atoms with Crippen molar-refractivity contribution in [3.63, 3.8) is 0 Å². The van der Waals surface area contributed by atoms with Crippen molar-refractivity contribution in [2.45, 2.75) is 13.3 Å². The maximum Gasteiger partial charge on any atom is 0.272 e. The second kappa shape index (κ2) is 9.66. The van der Waals surface area contributed by atoms with Crippen LogP contribution in [0.1, 0.15) is 13.3 Å². The zero-order valence-electron chi connectivity index (χ0n) is 17.2. The normalized spacial score (nSPS) is 10.8. The van der Waals surface area contributed by atoms with Crippen LogP contribution in [0.25, 0.3) is 33.1 Å². The zero-order chi connectivity index (χ0) is 23.5. The molecule has 5 aromatic rings. The number of H-pyrrole nitrogens is 2. The number of nitrogens with one attached hydrogen (secondary N) is 3. The van der Waals surface area contributed by atoms with E-state index < -0.39 is 5.97 Å². The average Bonchev–Trinajstić information content (AvgIpc) is 3.47. The lowest BCUT2D eigenvalue weighted by atomic mass is 10.1. The maximum atomic E-state index is 12.1. The average molecular weight is 500 g/mol. The number of halogens is 2. The summed E-state index contributed by atoms with van der Waals surface area (Å²) in [4.78, 5) is 31.9. The minimum absolute atomic E-state index is 0.111. The highest BCUT2D eigenvalue weighted by molar-refractivity contribution is 7.14. The van der Waals surface area contributed by atoms with E-state index in [4.69, 9.17) is 23.2 Å². The Morgan fingerprint density at radius 2 is 1.91 bits per heavy atom. The number of carboxylic acids is 1. The van der Waals surface area contributed by atoms with Crippen LogP contribution in [0.3, 0.4) is 0 Å². The van der Waals surface area contributed by atoms with Crippen molar-refractivity contribution in [2.24, 2.45) is 0 Å². The van der Waals surface area contributed by atoms with Gasteiger partial charge in [-0.2, -0.15) is 0 Å². The third kappa shape index (κ3) is 5.03. The first-order chi connectivity index (χ1) is 15.9. The molecule has 0 saturated carbocycles. The molecule has 0 saturated heterocycles. The summed E-state index contributed by atoms with van der Waals surface area (Å²) >= 11 is 13.5. The summed E-state index contributed by atoms with van der Waals surface area (Å²) in [7, 11) is 0. The zero-order valence-corrected chi connectivity index (χ0v) is 19.6. The first-order valence-corrected chi connectivity index (χ1v) is 11.5. The quantitative estimate of drug-likeness (QED) is 0.309. The molecule has 0 aliphatic carbocycles. The Morgan fingerprint density at radius 1 is 1.12 bits per heavy atom.